The van der Waals surface area contributed by atoms with Crippen LogP contribution in [-0.4, -0.2) is 41.7 Å². The average molecular weight is 406 g/mol. The molecule has 156 valence electrons. The molecule has 0 aliphatic carbocycles. The standard InChI is InChI=1S/C22H26N6O2/c1-15-11-16(2)27(22(30)25-15)10-8-21(29)28-9-4-5-20(28)19-7-6-17(12-23-19)18-13-24-26(3)14-18/h6-7,11-14,20H,4-5,8-10H2,1-3H3/t20-/m1/s1. The van der Waals surface area contributed by atoms with Crippen LogP contribution < -0.4 is 5.69 Å². The van der Waals surface area contributed by atoms with Crippen molar-refractivity contribution in [2.75, 3.05) is 6.54 Å². The number of nitrogens with zero attached hydrogens (tertiary/aromatic N) is 6. The van der Waals surface area contributed by atoms with Gasteiger partial charge in [0.05, 0.1) is 17.9 Å². The average Bonchev–Trinajstić information content (AvgIpc) is 3.36. The Hall–Kier alpha value is -3.29. The lowest BCUT2D eigenvalue weighted by Gasteiger charge is -2.25. The molecule has 1 fully saturated rings. The summed E-state index contributed by atoms with van der Waals surface area (Å²) in [6.07, 6.45) is 7.73. The van der Waals surface area contributed by atoms with E-state index < -0.39 is 0 Å². The first-order valence-corrected chi connectivity index (χ1v) is 10.2. The first kappa shape index (κ1) is 20.0. The predicted molar refractivity (Wildman–Crippen MR) is 113 cm³/mol. The van der Waals surface area contributed by atoms with E-state index in [2.05, 4.69) is 15.1 Å². The van der Waals surface area contributed by atoms with Gasteiger partial charge in [-0.25, -0.2) is 4.79 Å². The number of likely N-dealkylation sites (tertiary alicyclic amines) is 1. The number of pyridine rings is 1. The van der Waals surface area contributed by atoms with Gasteiger partial charge >= 0.3 is 5.69 Å². The summed E-state index contributed by atoms with van der Waals surface area (Å²) in [6.45, 7) is 4.72. The zero-order chi connectivity index (χ0) is 21.3. The number of aryl methyl sites for hydroxylation is 3. The largest absolute Gasteiger partial charge is 0.347 e. The number of aromatic nitrogens is 5. The maximum absolute atomic E-state index is 12.9. The quantitative estimate of drug-likeness (QED) is 0.650. The molecule has 0 aromatic carbocycles. The van der Waals surface area contributed by atoms with E-state index in [0.29, 0.717) is 12.2 Å². The third-order valence-corrected chi connectivity index (χ3v) is 5.63. The Bertz CT molecular complexity index is 1120. The van der Waals surface area contributed by atoms with Gasteiger partial charge in [-0.05, 0) is 38.8 Å². The van der Waals surface area contributed by atoms with Crippen LogP contribution in [0.15, 0.2) is 41.6 Å². The Labute approximate surface area is 175 Å². The highest BCUT2D eigenvalue weighted by Gasteiger charge is 2.30. The topological polar surface area (TPSA) is 85.9 Å². The molecule has 4 rings (SSSR count). The molecule has 0 N–H and O–H groups in total. The van der Waals surface area contributed by atoms with Crippen LogP contribution in [0.25, 0.3) is 11.1 Å². The highest BCUT2D eigenvalue weighted by atomic mass is 16.2. The van der Waals surface area contributed by atoms with Crippen molar-refractivity contribution in [1.29, 1.82) is 0 Å². The Morgan fingerprint density at radius 2 is 2.03 bits per heavy atom. The fraction of sp³-hybridized carbons (Fsp3) is 0.409. The molecular weight excluding hydrogens is 380 g/mol. The smallest absolute Gasteiger partial charge is 0.334 e. The number of carbonyl (C=O) groups excluding carboxylic acids is 1. The van der Waals surface area contributed by atoms with Gasteiger partial charge in [0, 0.05) is 61.5 Å². The summed E-state index contributed by atoms with van der Waals surface area (Å²) in [5.74, 6) is 0.0440. The Morgan fingerprint density at radius 1 is 1.20 bits per heavy atom. The van der Waals surface area contributed by atoms with Crippen LogP contribution in [0, 0.1) is 13.8 Å². The van der Waals surface area contributed by atoms with Gasteiger partial charge in [0.15, 0.2) is 0 Å². The highest BCUT2D eigenvalue weighted by molar-refractivity contribution is 5.77. The van der Waals surface area contributed by atoms with Crippen molar-refractivity contribution < 1.29 is 4.79 Å². The van der Waals surface area contributed by atoms with E-state index in [0.717, 1.165) is 41.9 Å². The van der Waals surface area contributed by atoms with Crippen molar-refractivity contribution in [1.82, 2.24) is 29.2 Å². The predicted octanol–water partition coefficient (Wildman–Crippen LogP) is 2.41. The zero-order valence-electron chi connectivity index (χ0n) is 17.6. The lowest BCUT2D eigenvalue weighted by atomic mass is 10.1. The van der Waals surface area contributed by atoms with E-state index in [1.165, 1.54) is 0 Å². The monoisotopic (exact) mass is 406 g/mol. The highest BCUT2D eigenvalue weighted by Crippen LogP contribution is 2.32. The van der Waals surface area contributed by atoms with Gasteiger partial charge in [-0.3, -0.25) is 19.0 Å². The van der Waals surface area contributed by atoms with Crippen LogP contribution in [-0.2, 0) is 18.4 Å². The van der Waals surface area contributed by atoms with Gasteiger partial charge in [0.1, 0.15) is 0 Å². The second-order valence-corrected chi connectivity index (χ2v) is 7.84. The normalized spacial score (nSPS) is 16.2. The summed E-state index contributed by atoms with van der Waals surface area (Å²) in [5, 5.41) is 4.20. The van der Waals surface area contributed by atoms with Crippen molar-refractivity contribution >= 4 is 5.91 Å². The van der Waals surface area contributed by atoms with E-state index in [1.54, 1.807) is 16.2 Å². The van der Waals surface area contributed by atoms with Gasteiger partial charge in [0.2, 0.25) is 5.91 Å². The molecule has 0 radical (unpaired) electrons. The summed E-state index contributed by atoms with van der Waals surface area (Å²) >= 11 is 0. The zero-order valence-corrected chi connectivity index (χ0v) is 17.6. The molecule has 4 heterocycles. The number of hydrogen-bond acceptors (Lipinski definition) is 5. The molecule has 0 bridgehead atoms. The Balaban J connectivity index is 1.45. The summed E-state index contributed by atoms with van der Waals surface area (Å²) in [7, 11) is 1.88. The Morgan fingerprint density at radius 3 is 2.70 bits per heavy atom. The van der Waals surface area contributed by atoms with Crippen molar-refractivity contribution in [3.63, 3.8) is 0 Å². The van der Waals surface area contributed by atoms with Gasteiger partial charge in [-0.2, -0.15) is 10.1 Å². The van der Waals surface area contributed by atoms with Crippen molar-refractivity contribution in [2.45, 2.75) is 45.7 Å². The maximum atomic E-state index is 12.9. The number of amides is 1. The molecule has 8 heteroatoms. The van der Waals surface area contributed by atoms with Crippen LogP contribution >= 0.6 is 0 Å². The molecule has 1 aliphatic rings. The molecule has 1 saturated heterocycles. The van der Waals surface area contributed by atoms with E-state index in [9.17, 15) is 9.59 Å². The van der Waals surface area contributed by atoms with Crippen LogP contribution in [0.3, 0.4) is 0 Å². The van der Waals surface area contributed by atoms with E-state index in [4.69, 9.17) is 0 Å². The Kier molecular flexibility index (Phi) is 5.48. The van der Waals surface area contributed by atoms with Crippen molar-refractivity contribution in [3.8, 4) is 11.1 Å². The summed E-state index contributed by atoms with van der Waals surface area (Å²) in [6, 6.07) is 5.87. The lowest BCUT2D eigenvalue weighted by molar-refractivity contribution is -0.132. The number of carbonyl (C=O) groups is 1. The van der Waals surface area contributed by atoms with Gasteiger partial charge in [-0.15, -0.1) is 0 Å². The third-order valence-electron chi connectivity index (χ3n) is 5.63. The van der Waals surface area contributed by atoms with E-state index in [-0.39, 0.29) is 24.1 Å². The molecule has 0 saturated carbocycles. The summed E-state index contributed by atoms with van der Waals surface area (Å²) < 4.78 is 3.33. The van der Waals surface area contributed by atoms with Crippen LogP contribution in [0.4, 0.5) is 0 Å². The molecular formula is C22H26N6O2. The second kappa shape index (κ2) is 8.22. The number of rotatable bonds is 5. The first-order chi connectivity index (χ1) is 14.4. The molecule has 0 unspecified atom stereocenters. The van der Waals surface area contributed by atoms with E-state index in [1.807, 2.05) is 55.7 Å². The van der Waals surface area contributed by atoms with Crippen molar-refractivity contribution in [3.05, 3.63) is 64.4 Å². The molecule has 30 heavy (non-hydrogen) atoms. The van der Waals surface area contributed by atoms with E-state index >= 15 is 0 Å². The molecule has 1 aliphatic heterocycles. The van der Waals surface area contributed by atoms with Crippen LogP contribution in [0.5, 0.6) is 0 Å². The molecule has 1 amide bonds. The molecule has 0 spiro atoms. The first-order valence-electron chi connectivity index (χ1n) is 10.2. The summed E-state index contributed by atoms with van der Waals surface area (Å²) in [4.78, 5) is 35.6. The van der Waals surface area contributed by atoms with Crippen LogP contribution in [0.2, 0.25) is 0 Å². The molecule has 8 nitrogen and oxygen atoms in total. The van der Waals surface area contributed by atoms with Gasteiger partial charge in [0.25, 0.3) is 0 Å². The lowest BCUT2D eigenvalue weighted by Crippen LogP contribution is -2.33. The molecule has 3 aromatic heterocycles. The van der Waals surface area contributed by atoms with Gasteiger partial charge in [-0.1, -0.05) is 6.07 Å². The third kappa shape index (κ3) is 4.03. The molecule has 3 aromatic rings. The minimum atomic E-state index is -0.300. The van der Waals surface area contributed by atoms with Crippen LogP contribution in [0.1, 0.15) is 42.4 Å². The fourth-order valence-corrected chi connectivity index (χ4v) is 4.11. The van der Waals surface area contributed by atoms with Crippen molar-refractivity contribution in [2.24, 2.45) is 7.05 Å². The second-order valence-electron chi connectivity index (χ2n) is 7.84. The van der Waals surface area contributed by atoms with Gasteiger partial charge < -0.3 is 4.90 Å². The SMILES string of the molecule is Cc1cc(C)n(CCC(=O)N2CCC[C@@H]2c2ccc(-c3cnn(C)c3)cn2)c(=O)n1. The fourth-order valence-electron chi connectivity index (χ4n) is 4.11. The summed E-state index contributed by atoms with van der Waals surface area (Å²) in [5.41, 5.74) is 4.14. The maximum Gasteiger partial charge on any atom is 0.347 e. The minimum Gasteiger partial charge on any atom is -0.334 e. The minimum absolute atomic E-state index is 0.0191. The molecule has 1 atom stereocenters. The number of hydrogen-bond donors (Lipinski definition) is 0.